The van der Waals surface area contributed by atoms with Gasteiger partial charge in [0, 0.05) is 18.0 Å². The van der Waals surface area contributed by atoms with E-state index in [-0.39, 0.29) is 17.5 Å². The Morgan fingerprint density at radius 1 is 1.33 bits per heavy atom. The van der Waals surface area contributed by atoms with Crippen LogP contribution in [0.15, 0.2) is 39.6 Å². The lowest BCUT2D eigenvalue weighted by Crippen LogP contribution is -2.40. The molecule has 1 aliphatic rings. The molecule has 0 amide bonds. The van der Waals surface area contributed by atoms with Gasteiger partial charge in [-0.05, 0) is 44.5 Å². The van der Waals surface area contributed by atoms with Gasteiger partial charge in [0.25, 0.3) is 5.56 Å². The fourth-order valence-electron chi connectivity index (χ4n) is 3.39. The Kier molecular flexibility index (Phi) is 4.54. The van der Waals surface area contributed by atoms with Crippen LogP contribution in [0.1, 0.15) is 35.6 Å². The topological polar surface area (TPSA) is 49.2 Å². The van der Waals surface area contributed by atoms with Gasteiger partial charge in [-0.15, -0.1) is 0 Å². The molecule has 0 radical (unpaired) electrons. The average Bonchev–Trinajstić information content (AvgIpc) is 2.95. The highest BCUT2D eigenvalue weighted by Crippen LogP contribution is 2.35. The Morgan fingerprint density at radius 3 is 2.75 bits per heavy atom. The standard InChI is InChI=1S/C17H19F3N2O2/c1-22-7-6-12(15-10-16(23)21-24-15)9-13(22)8-11-4-2-3-5-14(11)17(18,19)20/h2-5,10,12-13H,6-9H2,1H3,(H,21,23)/t12-,13-/m0/s1. The number of benzene rings is 1. The Labute approximate surface area is 137 Å². The molecule has 130 valence electrons. The van der Waals surface area contributed by atoms with Crippen LogP contribution in [0.5, 0.6) is 0 Å². The first kappa shape index (κ1) is 16.8. The fourth-order valence-corrected chi connectivity index (χ4v) is 3.39. The number of rotatable bonds is 3. The molecule has 7 heteroatoms. The van der Waals surface area contributed by atoms with Crippen molar-refractivity contribution in [3.63, 3.8) is 0 Å². The molecule has 24 heavy (non-hydrogen) atoms. The molecule has 1 aliphatic heterocycles. The molecule has 0 unspecified atom stereocenters. The summed E-state index contributed by atoms with van der Waals surface area (Å²) in [6.45, 7) is 0.748. The van der Waals surface area contributed by atoms with Crippen molar-refractivity contribution in [3.8, 4) is 0 Å². The van der Waals surface area contributed by atoms with Crippen LogP contribution >= 0.6 is 0 Å². The Morgan fingerprint density at radius 2 is 2.08 bits per heavy atom. The predicted molar refractivity (Wildman–Crippen MR) is 82.9 cm³/mol. The van der Waals surface area contributed by atoms with Crippen LogP contribution in [0.2, 0.25) is 0 Å². The lowest BCUT2D eigenvalue weighted by molar-refractivity contribution is -0.138. The van der Waals surface area contributed by atoms with Gasteiger partial charge in [-0.3, -0.25) is 4.79 Å². The summed E-state index contributed by atoms with van der Waals surface area (Å²) in [5.41, 5.74) is -0.561. The minimum absolute atomic E-state index is 0.0348. The maximum Gasteiger partial charge on any atom is 0.416 e. The Bertz CT molecular complexity index is 751. The predicted octanol–water partition coefficient (Wildman–Crippen LogP) is 3.41. The summed E-state index contributed by atoms with van der Waals surface area (Å²) in [7, 11) is 1.92. The number of halogens is 3. The second kappa shape index (κ2) is 6.47. The summed E-state index contributed by atoms with van der Waals surface area (Å²) < 4.78 is 44.7. The number of hydrogen-bond donors (Lipinski definition) is 1. The van der Waals surface area contributed by atoms with E-state index in [4.69, 9.17) is 4.52 Å². The highest BCUT2D eigenvalue weighted by Gasteiger charge is 2.35. The zero-order valence-corrected chi connectivity index (χ0v) is 13.3. The first-order valence-electron chi connectivity index (χ1n) is 7.88. The molecular formula is C17H19F3N2O2. The Hall–Kier alpha value is -2.02. The molecule has 0 saturated carbocycles. The maximum atomic E-state index is 13.2. The van der Waals surface area contributed by atoms with E-state index in [1.54, 1.807) is 6.07 Å². The second-order valence-corrected chi connectivity index (χ2v) is 6.33. The molecular weight excluding hydrogens is 321 g/mol. The number of piperidine rings is 1. The molecule has 2 atom stereocenters. The number of likely N-dealkylation sites (tertiary alicyclic amines) is 1. The van der Waals surface area contributed by atoms with E-state index in [2.05, 4.69) is 10.1 Å². The lowest BCUT2D eigenvalue weighted by Gasteiger charge is -2.36. The van der Waals surface area contributed by atoms with Crippen molar-refractivity contribution < 1.29 is 17.7 Å². The van der Waals surface area contributed by atoms with Gasteiger partial charge < -0.3 is 9.42 Å². The van der Waals surface area contributed by atoms with E-state index in [1.807, 2.05) is 7.05 Å². The molecule has 2 aromatic rings. The monoisotopic (exact) mass is 340 g/mol. The third-order valence-electron chi connectivity index (χ3n) is 4.73. The highest BCUT2D eigenvalue weighted by atomic mass is 19.4. The molecule has 2 heterocycles. The summed E-state index contributed by atoms with van der Waals surface area (Å²) >= 11 is 0. The summed E-state index contributed by atoms with van der Waals surface area (Å²) in [4.78, 5) is 13.3. The van der Waals surface area contributed by atoms with Crippen LogP contribution in [0.4, 0.5) is 13.2 Å². The van der Waals surface area contributed by atoms with Crippen molar-refractivity contribution in [2.24, 2.45) is 0 Å². The van der Waals surface area contributed by atoms with Gasteiger partial charge in [0.15, 0.2) is 0 Å². The van der Waals surface area contributed by atoms with Gasteiger partial charge >= 0.3 is 6.18 Å². The summed E-state index contributed by atoms with van der Waals surface area (Å²) in [5, 5.41) is 2.28. The van der Waals surface area contributed by atoms with E-state index < -0.39 is 11.7 Å². The van der Waals surface area contributed by atoms with Crippen molar-refractivity contribution in [1.82, 2.24) is 10.1 Å². The first-order chi connectivity index (χ1) is 11.3. The molecule has 3 rings (SSSR count). The fraction of sp³-hybridized carbons (Fsp3) is 0.471. The molecule has 1 saturated heterocycles. The number of alkyl halides is 3. The van der Waals surface area contributed by atoms with Crippen molar-refractivity contribution in [1.29, 1.82) is 0 Å². The second-order valence-electron chi connectivity index (χ2n) is 6.33. The van der Waals surface area contributed by atoms with Crippen LogP contribution in [0.25, 0.3) is 0 Å². The smallest absolute Gasteiger partial charge is 0.383 e. The van der Waals surface area contributed by atoms with Gasteiger partial charge in [-0.1, -0.05) is 18.2 Å². The quantitative estimate of drug-likeness (QED) is 0.932. The molecule has 0 spiro atoms. The SMILES string of the molecule is CN1CC[C@H](c2cc(=O)[nH]o2)C[C@@H]1Cc1ccccc1C(F)(F)F. The minimum atomic E-state index is -4.35. The van der Waals surface area contributed by atoms with Crippen LogP contribution < -0.4 is 5.56 Å². The third-order valence-corrected chi connectivity index (χ3v) is 4.73. The molecule has 1 aromatic carbocycles. The first-order valence-corrected chi connectivity index (χ1v) is 7.88. The highest BCUT2D eigenvalue weighted by molar-refractivity contribution is 5.30. The number of aromatic nitrogens is 1. The number of aromatic amines is 1. The number of nitrogens with zero attached hydrogens (tertiary/aromatic N) is 1. The Balaban J connectivity index is 1.80. The van der Waals surface area contributed by atoms with E-state index in [0.717, 1.165) is 19.0 Å². The van der Waals surface area contributed by atoms with Crippen LogP contribution in [0, 0.1) is 0 Å². The van der Waals surface area contributed by atoms with E-state index in [9.17, 15) is 18.0 Å². The van der Waals surface area contributed by atoms with E-state index in [0.29, 0.717) is 24.2 Å². The van der Waals surface area contributed by atoms with Crippen molar-refractivity contribution in [3.05, 3.63) is 57.6 Å². The summed E-state index contributed by atoms with van der Waals surface area (Å²) in [6.07, 6.45) is -2.56. The molecule has 0 aliphatic carbocycles. The van der Waals surface area contributed by atoms with Gasteiger partial charge in [-0.2, -0.15) is 18.3 Å². The van der Waals surface area contributed by atoms with Gasteiger partial charge in [0.05, 0.1) is 5.56 Å². The summed E-state index contributed by atoms with van der Waals surface area (Å²) in [6, 6.07) is 7.10. The van der Waals surface area contributed by atoms with Gasteiger partial charge in [-0.25, -0.2) is 0 Å². The lowest BCUT2D eigenvalue weighted by atomic mass is 9.85. The van der Waals surface area contributed by atoms with Crippen LogP contribution in [0.3, 0.4) is 0 Å². The van der Waals surface area contributed by atoms with Crippen molar-refractivity contribution in [2.75, 3.05) is 13.6 Å². The number of nitrogens with one attached hydrogen (secondary N) is 1. The number of H-pyrrole nitrogens is 1. The zero-order chi connectivity index (χ0) is 17.3. The molecule has 1 N–H and O–H groups in total. The van der Waals surface area contributed by atoms with E-state index >= 15 is 0 Å². The van der Waals surface area contributed by atoms with Crippen LogP contribution in [-0.4, -0.2) is 29.7 Å². The minimum Gasteiger partial charge on any atom is -0.383 e. The number of likely N-dealkylation sites (N-methyl/N-ethyl adjacent to an activating group) is 1. The average molecular weight is 340 g/mol. The molecule has 0 bridgehead atoms. The van der Waals surface area contributed by atoms with Crippen molar-refractivity contribution in [2.45, 2.75) is 37.4 Å². The largest absolute Gasteiger partial charge is 0.416 e. The van der Waals surface area contributed by atoms with Crippen LogP contribution in [-0.2, 0) is 12.6 Å². The third kappa shape index (κ3) is 3.56. The zero-order valence-electron chi connectivity index (χ0n) is 13.3. The normalized spacial score (nSPS) is 22.7. The van der Waals surface area contributed by atoms with Gasteiger partial charge in [0.1, 0.15) is 5.76 Å². The van der Waals surface area contributed by atoms with Gasteiger partial charge in [0.2, 0.25) is 0 Å². The molecule has 4 nitrogen and oxygen atoms in total. The molecule has 1 aromatic heterocycles. The maximum absolute atomic E-state index is 13.2. The van der Waals surface area contributed by atoms with E-state index in [1.165, 1.54) is 18.2 Å². The number of hydrogen-bond acceptors (Lipinski definition) is 3. The molecule has 1 fully saturated rings. The van der Waals surface area contributed by atoms with Crippen molar-refractivity contribution >= 4 is 0 Å². The summed E-state index contributed by atoms with van der Waals surface area (Å²) in [5.74, 6) is 0.630.